The molecule has 1 aliphatic heterocycles. The second kappa shape index (κ2) is 11.4. The molecular formula is C29H30BrFN4O4S. The maximum absolute atomic E-state index is 15.8. The molecule has 2 heterocycles. The summed E-state index contributed by atoms with van der Waals surface area (Å²) in [4.78, 5) is 4.59. The van der Waals surface area contributed by atoms with Crippen molar-refractivity contribution in [1.82, 2.24) is 5.32 Å². The van der Waals surface area contributed by atoms with Gasteiger partial charge in [-0.25, -0.2) is 17.8 Å². The lowest BCUT2D eigenvalue weighted by Crippen LogP contribution is -2.49. The highest BCUT2D eigenvalue weighted by Gasteiger charge is 2.48. The smallest absolute Gasteiger partial charge is 0.213 e. The van der Waals surface area contributed by atoms with Crippen LogP contribution in [-0.4, -0.2) is 44.0 Å². The molecule has 5 rings (SSSR count). The van der Waals surface area contributed by atoms with E-state index >= 15 is 4.39 Å². The lowest BCUT2D eigenvalue weighted by Gasteiger charge is -2.40. The summed E-state index contributed by atoms with van der Waals surface area (Å²) < 4.78 is 48.7. The minimum atomic E-state index is -3.04. The molecule has 2 aliphatic rings. The Morgan fingerprint density at radius 1 is 1.20 bits per heavy atom. The molecule has 210 valence electrons. The third kappa shape index (κ3) is 6.29. The number of nitrogens with two attached hydrogens (primary N) is 1. The Balaban J connectivity index is 1.41. The van der Waals surface area contributed by atoms with Crippen LogP contribution < -0.4 is 16.4 Å². The lowest BCUT2D eigenvalue weighted by molar-refractivity contribution is 0.00693. The summed E-state index contributed by atoms with van der Waals surface area (Å²) in [6, 6.07) is 18.9. The number of allylic oxidation sites excluding steroid dienone is 2. The van der Waals surface area contributed by atoms with Gasteiger partial charge < -0.3 is 19.8 Å². The van der Waals surface area contributed by atoms with Crippen LogP contribution in [0.25, 0.3) is 11.3 Å². The fourth-order valence-electron chi connectivity index (χ4n) is 4.68. The van der Waals surface area contributed by atoms with Crippen LogP contribution in [0.4, 0.5) is 10.1 Å². The highest BCUT2D eigenvalue weighted by molar-refractivity contribution is 9.10. The number of alkyl halides is 2. The summed E-state index contributed by atoms with van der Waals surface area (Å²) in [5, 5.41) is 6.20. The molecule has 1 aliphatic carbocycles. The van der Waals surface area contributed by atoms with Crippen molar-refractivity contribution >= 4 is 37.8 Å². The molecule has 3 atom stereocenters. The van der Waals surface area contributed by atoms with Gasteiger partial charge in [0.25, 0.3) is 0 Å². The fourth-order valence-corrected chi connectivity index (χ4v) is 5.73. The second-order valence-corrected chi connectivity index (χ2v) is 13.3. The van der Waals surface area contributed by atoms with Gasteiger partial charge in [-0.3, -0.25) is 5.73 Å². The van der Waals surface area contributed by atoms with Crippen molar-refractivity contribution in [2.24, 2.45) is 10.7 Å². The first-order valence-electron chi connectivity index (χ1n) is 12.7. The van der Waals surface area contributed by atoms with Crippen molar-refractivity contribution in [1.29, 1.82) is 0 Å². The second-order valence-electron chi connectivity index (χ2n) is 9.83. The predicted octanol–water partition coefficient (Wildman–Crippen LogP) is 4.79. The van der Waals surface area contributed by atoms with Crippen LogP contribution >= 0.6 is 15.9 Å². The van der Waals surface area contributed by atoms with Gasteiger partial charge in [0, 0.05) is 35.2 Å². The molecule has 1 aromatic heterocycles. The van der Waals surface area contributed by atoms with Crippen molar-refractivity contribution in [3.63, 3.8) is 0 Å². The van der Waals surface area contributed by atoms with E-state index in [1.165, 1.54) is 18.7 Å². The maximum Gasteiger partial charge on any atom is 0.213 e. The largest absolute Gasteiger partial charge is 0.460 e. The molecule has 0 amide bonds. The molecule has 0 saturated heterocycles. The zero-order chi connectivity index (χ0) is 28.4. The molecule has 4 N–H and O–H groups in total. The van der Waals surface area contributed by atoms with Crippen LogP contribution in [-0.2, 0) is 33.4 Å². The van der Waals surface area contributed by atoms with E-state index in [9.17, 15) is 8.42 Å². The number of hydrogen-bond donors (Lipinski definition) is 3. The highest BCUT2D eigenvalue weighted by Crippen LogP contribution is 2.46. The van der Waals surface area contributed by atoms with Crippen LogP contribution in [0.2, 0.25) is 0 Å². The van der Waals surface area contributed by atoms with Gasteiger partial charge in [0.2, 0.25) is 4.58 Å². The van der Waals surface area contributed by atoms with Gasteiger partial charge in [0.15, 0.2) is 5.66 Å². The summed E-state index contributed by atoms with van der Waals surface area (Å²) in [6.45, 7) is 0.899. The number of ether oxygens (including phenoxy) is 1. The van der Waals surface area contributed by atoms with Crippen molar-refractivity contribution in [3.05, 3.63) is 101 Å². The fraction of sp³-hybridized carbons (Fsp3) is 0.276. The first-order chi connectivity index (χ1) is 19.1. The summed E-state index contributed by atoms with van der Waals surface area (Å²) in [5.41, 5.74) is 9.06. The van der Waals surface area contributed by atoms with Crippen LogP contribution in [0, 0.1) is 0 Å². The predicted molar refractivity (Wildman–Crippen MR) is 159 cm³/mol. The number of halogens is 2. The van der Waals surface area contributed by atoms with Crippen molar-refractivity contribution in [3.8, 4) is 11.3 Å². The molecule has 3 unspecified atom stereocenters. The molecule has 8 nitrogen and oxygen atoms in total. The number of nitrogens with one attached hydrogen (secondary N) is 2. The van der Waals surface area contributed by atoms with Crippen molar-refractivity contribution < 1.29 is 22.0 Å². The topological polar surface area (TPSA) is 119 Å². The summed E-state index contributed by atoms with van der Waals surface area (Å²) >= 11 is 3.20. The minimum absolute atomic E-state index is 0.0488. The maximum atomic E-state index is 15.8. The number of fused-ring (bicyclic) bond motifs is 1. The molecule has 0 spiro atoms. The number of hydrogen-bond acceptors (Lipinski definition) is 8. The molecule has 0 saturated carbocycles. The quantitative estimate of drug-likeness (QED) is 0.218. The van der Waals surface area contributed by atoms with Crippen molar-refractivity contribution in [2.45, 2.75) is 29.5 Å². The molecule has 11 heteroatoms. The Hall–Kier alpha value is -3.09. The van der Waals surface area contributed by atoms with Gasteiger partial charge in [-0.05, 0) is 57.9 Å². The van der Waals surface area contributed by atoms with E-state index in [1.54, 1.807) is 12.2 Å². The van der Waals surface area contributed by atoms with E-state index in [1.807, 2.05) is 60.7 Å². The third-order valence-electron chi connectivity index (χ3n) is 6.74. The molecule has 0 fully saturated rings. The average molecular weight is 630 g/mol. The molecule has 40 heavy (non-hydrogen) atoms. The van der Waals surface area contributed by atoms with E-state index in [0.717, 1.165) is 16.8 Å². The van der Waals surface area contributed by atoms with E-state index in [2.05, 4.69) is 31.6 Å². The van der Waals surface area contributed by atoms with Crippen LogP contribution in [0.3, 0.4) is 0 Å². The van der Waals surface area contributed by atoms with Crippen LogP contribution in [0.1, 0.15) is 16.9 Å². The van der Waals surface area contributed by atoms with Gasteiger partial charge in [-0.15, -0.1) is 0 Å². The number of furan rings is 1. The highest BCUT2D eigenvalue weighted by atomic mass is 79.9. The Kier molecular flexibility index (Phi) is 8.12. The Morgan fingerprint density at radius 3 is 2.77 bits per heavy atom. The molecular weight excluding hydrogens is 599 g/mol. The van der Waals surface area contributed by atoms with E-state index < -0.39 is 26.2 Å². The SMILES string of the molecule is CS(=O)(=O)CCNCc1ccc(-c2ccc3c(c2)C(N)(C2=CC=CC(F)(Br)C2OCc2ccccc2)N=CN3)o1. The standard InChI is InChI=1S/C29H30BrFN4O4S/c1-40(36,37)15-14-33-17-22-10-12-26(39-22)21-9-11-25-24(16-21)29(32,35-19-34-25)23-8-5-13-28(30,31)27(23)38-18-20-6-3-2-4-7-20/h2-13,16,19,27,33H,14-15,17-18,32H2,1H3,(H,34,35). The Morgan fingerprint density at radius 2 is 2.00 bits per heavy atom. The third-order valence-corrected chi connectivity index (χ3v) is 8.37. The number of aliphatic imine (C=N–C) groups is 1. The van der Waals surface area contributed by atoms with E-state index in [-0.39, 0.29) is 12.4 Å². The van der Waals surface area contributed by atoms with Crippen LogP contribution in [0.5, 0.6) is 0 Å². The first kappa shape index (κ1) is 28.4. The zero-order valence-corrected chi connectivity index (χ0v) is 24.2. The minimum Gasteiger partial charge on any atom is -0.460 e. The number of benzene rings is 2. The number of rotatable bonds is 10. The number of sulfone groups is 1. The number of nitrogens with zero attached hydrogens (tertiary/aromatic N) is 1. The van der Waals surface area contributed by atoms with Gasteiger partial charge in [-0.2, -0.15) is 0 Å². The lowest BCUT2D eigenvalue weighted by atomic mass is 9.82. The van der Waals surface area contributed by atoms with Crippen LogP contribution in [0.15, 0.2) is 93.9 Å². The summed E-state index contributed by atoms with van der Waals surface area (Å²) in [5.74, 6) is 1.31. The first-order valence-corrected chi connectivity index (χ1v) is 15.5. The zero-order valence-electron chi connectivity index (χ0n) is 21.8. The van der Waals surface area contributed by atoms with Gasteiger partial charge in [0.1, 0.15) is 27.5 Å². The number of anilines is 1. The monoisotopic (exact) mass is 628 g/mol. The normalized spacial score (nSPS) is 23.9. The Bertz CT molecular complexity index is 1570. The molecule has 0 bridgehead atoms. The van der Waals surface area contributed by atoms with Gasteiger partial charge >= 0.3 is 0 Å². The van der Waals surface area contributed by atoms with E-state index in [4.69, 9.17) is 14.9 Å². The van der Waals surface area contributed by atoms with E-state index in [0.29, 0.717) is 35.7 Å². The molecule has 2 aromatic carbocycles. The Labute approximate surface area is 241 Å². The van der Waals surface area contributed by atoms with Gasteiger partial charge in [-0.1, -0.05) is 42.5 Å². The van der Waals surface area contributed by atoms with Crippen molar-refractivity contribution in [2.75, 3.05) is 23.9 Å². The average Bonchev–Trinajstić information content (AvgIpc) is 3.39. The van der Waals surface area contributed by atoms with Gasteiger partial charge in [0.05, 0.1) is 25.2 Å². The summed E-state index contributed by atoms with van der Waals surface area (Å²) in [7, 11) is -3.04. The molecule has 3 aromatic rings. The molecule has 0 radical (unpaired) electrons. The summed E-state index contributed by atoms with van der Waals surface area (Å²) in [6.07, 6.45) is 6.42.